The van der Waals surface area contributed by atoms with E-state index in [1.54, 1.807) is 11.1 Å². The van der Waals surface area contributed by atoms with Crippen LogP contribution in [0.25, 0.3) is 16.7 Å². The van der Waals surface area contributed by atoms with Gasteiger partial charge in [0.05, 0.1) is 0 Å². The second-order valence-corrected chi connectivity index (χ2v) is 14.0. The molecule has 0 nitrogen and oxygen atoms in total. The fourth-order valence-corrected chi connectivity index (χ4v) is 11.7. The van der Waals surface area contributed by atoms with Gasteiger partial charge in [0.1, 0.15) is 0 Å². The number of hydrogen-bond donors (Lipinski definition) is 0. The molecule has 1 unspecified atom stereocenters. The van der Waals surface area contributed by atoms with Gasteiger partial charge in [-0.25, -0.2) is 0 Å². The molecule has 1 fully saturated rings. The average molecular weight is 460 g/mol. The van der Waals surface area contributed by atoms with Crippen molar-refractivity contribution in [2.75, 3.05) is 0 Å². The van der Waals surface area contributed by atoms with Gasteiger partial charge in [0, 0.05) is 0 Å². The number of allylic oxidation sites excluding steroid dienone is 4. The maximum atomic E-state index is 2.44. The van der Waals surface area contributed by atoms with Crippen LogP contribution < -0.4 is 24.8 Å². The van der Waals surface area contributed by atoms with E-state index >= 15 is 0 Å². The summed E-state index contributed by atoms with van der Waals surface area (Å²) in [6.45, 7) is 2.40. The van der Waals surface area contributed by atoms with Crippen molar-refractivity contribution in [2.45, 2.75) is 49.9 Å². The molecule has 1 heterocycles. The van der Waals surface area contributed by atoms with Crippen LogP contribution in [0.4, 0.5) is 0 Å². The largest absolute Gasteiger partial charge is 1.00 e. The predicted molar refractivity (Wildman–Crippen MR) is 109 cm³/mol. The molecule has 5 rings (SSSR count). The quantitative estimate of drug-likeness (QED) is 0.594. The minimum Gasteiger partial charge on any atom is -1.00 e. The molecule has 0 spiro atoms. The van der Waals surface area contributed by atoms with Crippen molar-refractivity contribution in [3.8, 4) is 11.1 Å². The standard InChI is InChI=1S/C24H25Si.2ClH.Ti/c1-2-15-25(16-8-17-25)24-22-12-6-5-11-20(22)21-14-7-13-19(23(21)24)18-9-3-4-10-18;;;/h3,5-7,9,11-14,24H,2,4,8,15-17H2,1H3;2*1H;/q;;;+2/p-2. The number of benzene rings is 2. The molecule has 0 amide bonds. The Morgan fingerprint density at radius 3 is 2.32 bits per heavy atom. The fraction of sp³-hybridized carbons (Fsp3) is 0.333. The Balaban J connectivity index is 0.00000112. The number of hydrogen-bond acceptors (Lipinski definition) is 0. The molecule has 1 aliphatic heterocycles. The second kappa shape index (κ2) is 8.66. The predicted octanol–water partition coefficient (Wildman–Crippen LogP) is 0.826. The molecule has 28 heavy (non-hydrogen) atoms. The van der Waals surface area contributed by atoms with Gasteiger partial charge in [-0.2, -0.15) is 0 Å². The summed E-state index contributed by atoms with van der Waals surface area (Å²) in [4.78, 5) is 0. The van der Waals surface area contributed by atoms with Crippen molar-refractivity contribution in [3.05, 3.63) is 75.2 Å². The fourth-order valence-electron chi connectivity index (χ4n) is 5.70. The Morgan fingerprint density at radius 1 is 0.964 bits per heavy atom. The Bertz CT molecular complexity index is 943. The topological polar surface area (TPSA) is 0 Å². The van der Waals surface area contributed by atoms with Gasteiger partial charge in [0.25, 0.3) is 0 Å². The molecule has 0 N–H and O–H groups in total. The van der Waals surface area contributed by atoms with Crippen LogP contribution in [0.3, 0.4) is 0 Å². The molecule has 3 aliphatic rings. The summed E-state index contributed by atoms with van der Waals surface area (Å²) in [6.07, 6.45) is 8.64. The van der Waals surface area contributed by atoms with Crippen molar-refractivity contribution in [3.63, 3.8) is 0 Å². The first-order valence-corrected chi connectivity index (χ1v) is 13.6. The Kier molecular flexibility index (Phi) is 6.84. The molecule has 0 aromatic heterocycles. The molecule has 2 aromatic rings. The van der Waals surface area contributed by atoms with E-state index < -0.39 is 8.07 Å². The van der Waals surface area contributed by atoms with Gasteiger partial charge in [-0.1, -0.05) is 0 Å². The van der Waals surface area contributed by atoms with E-state index in [0.29, 0.717) is 5.54 Å². The maximum absolute atomic E-state index is 2.44. The molecule has 2 aliphatic carbocycles. The molecule has 4 heteroatoms. The number of rotatable bonds is 4. The van der Waals surface area contributed by atoms with Crippen LogP contribution in [-0.4, -0.2) is 8.07 Å². The SMILES string of the molecule is CCC[Si]1(C2c3ccccc3-c3cccc(C4=[C]([Ti+2])CC=C4)c32)CCC1.[Cl-].[Cl-]. The average Bonchev–Trinajstić information content (AvgIpc) is 3.20. The molecular formula is C24H25Cl2SiTi. The molecule has 1 saturated heterocycles. The summed E-state index contributed by atoms with van der Waals surface area (Å²) in [5.74, 6) is 0. The van der Waals surface area contributed by atoms with Gasteiger partial charge < -0.3 is 24.8 Å². The van der Waals surface area contributed by atoms with E-state index in [2.05, 4.69) is 82.0 Å². The van der Waals surface area contributed by atoms with Crippen molar-refractivity contribution in [1.82, 2.24) is 0 Å². The third-order valence-electron chi connectivity index (χ3n) is 6.89. The van der Waals surface area contributed by atoms with Crippen molar-refractivity contribution >= 4 is 13.6 Å². The van der Waals surface area contributed by atoms with Crippen molar-refractivity contribution in [2.24, 2.45) is 0 Å². The van der Waals surface area contributed by atoms with Gasteiger partial charge in [-0.05, 0) is 0 Å². The first kappa shape index (κ1) is 22.1. The molecule has 0 bridgehead atoms. The molecule has 2 aromatic carbocycles. The molecule has 0 saturated carbocycles. The van der Waals surface area contributed by atoms with Crippen LogP contribution in [0.15, 0.2) is 58.5 Å². The summed E-state index contributed by atoms with van der Waals surface area (Å²) in [7, 11) is -1.26. The van der Waals surface area contributed by atoms with E-state index in [4.69, 9.17) is 0 Å². The van der Waals surface area contributed by atoms with Crippen LogP contribution in [0, 0.1) is 0 Å². The summed E-state index contributed by atoms with van der Waals surface area (Å²) in [5, 5.41) is 0. The van der Waals surface area contributed by atoms with Gasteiger partial charge in [-0.15, -0.1) is 0 Å². The zero-order chi connectivity index (χ0) is 17.7. The van der Waals surface area contributed by atoms with Gasteiger partial charge in [0.15, 0.2) is 0 Å². The van der Waals surface area contributed by atoms with Crippen LogP contribution in [0.2, 0.25) is 18.1 Å². The number of fused-ring (bicyclic) bond motifs is 3. The van der Waals surface area contributed by atoms with Gasteiger partial charge in [0.2, 0.25) is 0 Å². The van der Waals surface area contributed by atoms with E-state index in [1.165, 1.54) is 57.1 Å². The maximum Gasteiger partial charge on any atom is -1.00 e. The summed E-state index contributed by atoms with van der Waals surface area (Å²) >= 11 is 2.31. The Hall–Kier alpha value is -0.569. The van der Waals surface area contributed by atoms with Crippen LogP contribution in [-0.2, 0) is 20.4 Å². The molecular weight excluding hydrogens is 435 g/mol. The molecule has 1 atom stereocenters. The third-order valence-corrected chi connectivity index (χ3v) is 13.6. The normalized spacial score (nSPS) is 20.8. The monoisotopic (exact) mass is 459 g/mol. The summed E-state index contributed by atoms with van der Waals surface area (Å²) in [5.41, 5.74) is 10.1. The minimum absolute atomic E-state index is 0. The minimum atomic E-state index is -1.26. The zero-order valence-electron chi connectivity index (χ0n) is 16.3. The van der Waals surface area contributed by atoms with Gasteiger partial charge >= 0.3 is 170 Å². The van der Waals surface area contributed by atoms with Crippen LogP contribution in [0.1, 0.15) is 48.4 Å². The van der Waals surface area contributed by atoms with Crippen molar-refractivity contribution < 1.29 is 45.2 Å². The van der Waals surface area contributed by atoms with Crippen molar-refractivity contribution in [1.29, 1.82) is 0 Å². The number of halogens is 2. The smallest absolute Gasteiger partial charge is 1.00 e. The van der Waals surface area contributed by atoms with E-state index in [-0.39, 0.29) is 24.8 Å². The first-order valence-electron chi connectivity index (χ1n) is 10.1. The zero-order valence-corrected chi connectivity index (χ0v) is 20.3. The van der Waals surface area contributed by atoms with Crippen LogP contribution in [0.5, 0.6) is 0 Å². The molecule has 0 radical (unpaired) electrons. The second-order valence-electron chi connectivity index (χ2n) is 8.25. The van der Waals surface area contributed by atoms with Gasteiger partial charge in [-0.3, -0.25) is 0 Å². The Labute approximate surface area is 194 Å². The van der Waals surface area contributed by atoms with E-state index in [0.717, 1.165) is 6.42 Å². The molecule has 143 valence electrons. The van der Waals surface area contributed by atoms with E-state index in [1.807, 2.05) is 0 Å². The summed E-state index contributed by atoms with van der Waals surface area (Å²) < 4.78 is 1.54. The summed E-state index contributed by atoms with van der Waals surface area (Å²) in [6, 6.07) is 20.9. The Morgan fingerprint density at radius 2 is 1.68 bits per heavy atom. The van der Waals surface area contributed by atoms with Crippen LogP contribution >= 0.6 is 0 Å². The third kappa shape index (κ3) is 3.24. The first-order chi connectivity index (χ1) is 12.7. The van der Waals surface area contributed by atoms with E-state index in [9.17, 15) is 0 Å².